The maximum atomic E-state index is 3.57. The third-order valence-electron chi connectivity index (χ3n) is 5.16. The lowest BCUT2D eigenvalue weighted by Gasteiger charge is -2.43. The summed E-state index contributed by atoms with van der Waals surface area (Å²) in [6, 6.07) is 2.93. The Morgan fingerprint density at radius 2 is 2.10 bits per heavy atom. The lowest BCUT2D eigenvalue weighted by Crippen LogP contribution is -2.45. The van der Waals surface area contributed by atoms with E-state index in [1.54, 1.807) is 11.3 Å². The molecular weight excluding hydrogens is 276 g/mol. The maximum absolute atomic E-state index is 3.57. The van der Waals surface area contributed by atoms with E-state index < -0.39 is 0 Å². The maximum Gasteiger partial charge on any atom is 0.0239 e. The lowest BCUT2D eigenvalue weighted by atomic mass is 9.67. The zero-order valence-corrected chi connectivity index (χ0v) is 15.2. The molecule has 21 heavy (non-hydrogen) atoms. The summed E-state index contributed by atoms with van der Waals surface area (Å²) < 4.78 is 0. The van der Waals surface area contributed by atoms with Crippen molar-refractivity contribution in [2.24, 2.45) is 17.3 Å². The van der Waals surface area contributed by atoms with Crippen LogP contribution in [0.3, 0.4) is 0 Å². The summed E-state index contributed by atoms with van der Waals surface area (Å²) in [5.41, 5.74) is 1.90. The lowest BCUT2D eigenvalue weighted by molar-refractivity contribution is 0.0946. The van der Waals surface area contributed by atoms with E-state index in [1.165, 1.54) is 31.4 Å². The molecule has 0 spiro atoms. The second-order valence-corrected chi connectivity index (χ2v) is 8.64. The van der Waals surface area contributed by atoms with Crippen molar-refractivity contribution in [3.05, 3.63) is 22.4 Å². The molecule has 3 unspecified atom stereocenters. The van der Waals surface area contributed by atoms with E-state index in [2.05, 4.69) is 61.9 Å². The summed E-state index contributed by atoms with van der Waals surface area (Å²) in [4.78, 5) is 2.50. The fraction of sp³-hybridized carbons (Fsp3) is 0.778. The van der Waals surface area contributed by atoms with Crippen LogP contribution in [-0.4, -0.2) is 31.6 Å². The third-order valence-corrected chi connectivity index (χ3v) is 5.89. The van der Waals surface area contributed by atoms with E-state index in [4.69, 9.17) is 0 Å². The number of hydrogen-bond acceptors (Lipinski definition) is 3. The van der Waals surface area contributed by atoms with Crippen molar-refractivity contribution in [1.82, 2.24) is 10.2 Å². The molecule has 3 heteroatoms. The van der Waals surface area contributed by atoms with Crippen LogP contribution in [0.1, 0.15) is 45.6 Å². The predicted molar refractivity (Wildman–Crippen MR) is 93.8 cm³/mol. The molecule has 1 aliphatic carbocycles. The van der Waals surface area contributed by atoms with Gasteiger partial charge in [-0.3, -0.25) is 0 Å². The average molecular weight is 309 g/mol. The zero-order valence-electron chi connectivity index (χ0n) is 14.4. The monoisotopic (exact) mass is 308 g/mol. The molecule has 2 rings (SSSR count). The number of thiophene rings is 1. The van der Waals surface area contributed by atoms with Crippen molar-refractivity contribution < 1.29 is 0 Å². The molecule has 0 radical (unpaired) electrons. The first-order valence-electron chi connectivity index (χ1n) is 8.27. The Balaban J connectivity index is 1.94. The first-order chi connectivity index (χ1) is 9.90. The van der Waals surface area contributed by atoms with Gasteiger partial charge in [0.15, 0.2) is 0 Å². The van der Waals surface area contributed by atoms with Crippen LogP contribution in [0.5, 0.6) is 0 Å². The van der Waals surface area contributed by atoms with Gasteiger partial charge in [0.2, 0.25) is 0 Å². The Kier molecular flexibility index (Phi) is 5.87. The summed E-state index contributed by atoms with van der Waals surface area (Å²) in [6.45, 7) is 9.50. The number of hydrogen-bond donors (Lipinski definition) is 1. The fourth-order valence-corrected chi connectivity index (χ4v) is 4.45. The van der Waals surface area contributed by atoms with E-state index in [0.29, 0.717) is 11.5 Å². The van der Waals surface area contributed by atoms with Gasteiger partial charge in [0.1, 0.15) is 0 Å². The highest BCUT2D eigenvalue weighted by Gasteiger charge is 2.35. The molecule has 2 nitrogen and oxygen atoms in total. The molecule has 1 N–H and O–H groups in total. The molecule has 0 amide bonds. The molecule has 1 aliphatic rings. The van der Waals surface area contributed by atoms with Gasteiger partial charge < -0.3 is 10.2 Å². The molecule has 1 fully saturated rings. The topological polar surface area (TPSA) is 15.3 Å². The van der Waals surface area contributed by atoms with Gasteiger partial charge in [-0.2, -0.15) is 11.3 Å². The summed E-state index contributed by atoms with van der Waals surface area (Å²) in [5.74, 6) is 1.64. The Morgan fingerprint density at radius 1 is 1.33 bits per heavy atom. The van der Waals surface area contributed by atoms with Crippen LogP contribution >= 0.6 is 11.3 Å². The molecular formula is C18H32N2S. The minimum Gasteiger partial charge on any atom is -0.317 e. The molecule has 1 aromatic heterocycles. The van der Waals surface area contributed by atoms with E-state index in [1.807, 2.05) is 0 Å². The van der Waals surface area contributed by atoms with Crippen molar-refractivity contribution >= 4 is 11.3 Å². The molecule has 1 saturated carbocycles. The van der Waals surface area contributed by atoms with E-state index in [0.717, 1.165) is 18.4 Å². The first kappa shape index (κ1) is 17.0. The normalized spacial score (nSPS) is 27.2. The first-order valence-corrected chi connectivity index (χ1v) is 9.21. The van der Waals surface area contributed by atoms with Crippen molar-refractivity contribution in [2.75, 3.05) is 20.6 Å². The highest BCUT2D eigenvalue weighted by Crippen LogP contribution is 2.40. The van der Waals surface area contributed by atoms with Crippen LogP contribution in [0.15, 0.2) is 16.8 Å². The van der Waals surface area contributed by atoms with Gasteiger partial charge in [-0.25, -0.2) is 0 Å². The van der Waals surface area contributed by atoms with E-state index in [9.17, 15) is 0 Å². The summed E-state index contributed by atoms with van der Waals surface area (Å²) in [7, 11) is 4.40. The third kappa shape index (κ3) is 4.80. The van der Waals surface area contributed by atoms with Gasteiger partial charge in [0.25, 0.3) is 0 Å². The smallest absolute Gasteiger partial charge is 0.0239 e. The van der Waals surface area contributed by atoms with Gasteiger partial charge in [-0.1, -0.05) is 20.8 Å². The van der Waals surface area contributed by atoms with Crippen LogP contribution < -0.4 is 5.32 Å². The highest BCUT2D eigenvalue weighted by atomic mass is 32.1. The van der Waals surface area contributed by atoms with Crippen molar-refractivity contribution in [3.63, 3.8) is 0 Å². The minimum absolute atomic E-state index is 0.447. The molecule has 120 valence electrons. The van der Waals surface area contributed by atoms with Gasteiger partial charge in [0, 0.05) is 19.1 Å². The largest absolute Gasteiger partial charge is 0.317 e. The molecule has 0 saturated heterocycles. The molecule has 3 atom stereocenters. The molecule has 1 heterocycles. The van der Waals surface area contributed by atoms with Crippen molar-refractivity contribution in [3.8, 4) is 0 Å². The van der Waals surface area contributed by atoms with Gasteiger partial charge >= 0.3 is 0 Å². The van der Waals surface area contributed by atoms with Crippen LogP contribution in [0.25, 0.3) is 0 Å². The Morgan fingerprint density at radius 3 is 2.67 bits per heavy atom. The van der Waals surface area contributed by atoms with Crippen LogP contribution in [-0.2, 0) is 6.54 Å². The second-order valence-electron chi connectivity index (χ2n) is 7.86. The number of nitrogens with zero attached hydrogens (tertiary/aromatic N) is 1. The standard InChI is InChI=1S/C18H32N2S/c1-18(2,3)16-6-7-17(19-4)15(10-16)12-20(5)11-14-8-9-21-13-14/h8-9,13,15-17,19H,6-7,10-12H2,1-5H3. The number of rotatable bonds is 5. The van der Waals surface area contributed by atoms with Crippen LogP contribution in [0.2, 0.25) is 0 Å². The van der Waals surface area contributed by atoms with Crippen LogP contribution in [0.4, 0.5) is 0 Å². The minimum atomic E-state index is 0.447. The van der Waals surface area contributed by atoms with Gasteiger partial charge in [-0.15, -0.1) is 0 Å². The van der Waals surface area contributed by atoms with Gasteiger partial charge in [0.05, 0.1) is 0 Å². The number of nitrogens with one attached hydrogen (secondary N) is 1. The SMILES string of the molecule is CNC1CCC(C(C)(C)C)CC1CN(C)Cc1ccsc1. The zero-order chi connectivity index (χ0) is 15.5. The summed E-state index contributed by atoms with van der Waals surface area (Å²) in [6.07, 6.45) is 4.07. The van der Waals surface area contributed by atoms with Crippen LogP contribution in [0, 0.1) is 17.3 Å². The molecule has 0 aromatic carbocycles. The van der Waals surface area contributed by atoms with Crippen molar-refractivity contribution in [2.45, 2.75) is 52.6 Å². The van der Waals surface area contributed by atoms with Crippen molar-refractivity contribution in [1.29, 1.82) is 0 Å². The van der Waals surface area contributed by atoms with E-state index in [-0.39, 0.29) is 0 Å². The summed E-state index contributed by atoms with van der Waals surface area (Å²) >= 11 is 1.80. The second kappa shape index (κ2) is 7.26. The molecule has 0 bridgehead atoms. The molecule has 0 aliphatic heterocycles. The Hall–Kier alpha value is -0.380. The highest BCUT2D eigenvalue weighted by molar-refractivity contribution is 7.07. The average Bonchev–Trinajstić information content (AvgIpc) is 2.90. The van der Waals surface area contributed by atoms with Gasteiger partial charge in [-0.05, 0) is 73.0 Å². The Bertz CT molecular complexity index is 407. The Labute approximate surface area is 134 Å². The molecule has 1 aromatic rings. The quantitative estimate of drug-likeness (QED) is 0.875. The summed E-state index contributed by atoms with van der Waals surface area (Å²) in [5, 5.41) is 8.01. The fourth-order valence-electron chi connectivity index (χ4n) is 3.79. The predicted octanol–water partition coefficient (Wildman–Crippen LogP) is 4.23. The van der Waals surface area contributed by atoms with E-state index >= 15 is 0 Å².